The molecule has 0 bridgehead atoms. The molecule has 0 aromatic heterocycles. The summed E-state index contributed by atoms with van der Waals surface area (Å²) in [5.41, 5.74) is 5.71. The normalized spacial score (nSPS) is 10.5. The van der Waals surface area contributed by atoms with Gasteiger partial charge in [0, 0.05) is 23.7 Å². The van der Waals surface area contributed by atoms with Crippen LogP contribution in [0.15, 0.2) is 36.4 Å². The van der Waals surface area contributed by atoms with Crippen LogP contribution < -0.4 is 5.73 Å². The van der Waals surface area contributed by atoms with Crippen molar-refractivity contribution >= 4 is 11.5 Å². The molecule has 0 unspecified atom stereocenters. The lowest BCUT2D eigenvalue weighted by molar-refractivity contribution is 0.0992. The van der Waals surface area contributed by atoms with Crippen LogP contribution in [0.25, 0.3) is 0 Å². The van der Waals surface area contributed by atoms with E-state index in [0.717, 1.165) is 18.2 Å². The summed E-state index contributed by atoms with van der Waals surface area (Å²) in [4.78, 5) is 11.9. The molecule has 5 heteroatoms. The molecule has 0 spiro atoms. The number of carbonyl (C=O) groups excluding carboxylic acids is 1. The van der Waals surface area contributed by atoms with Gasteiger partial charge in [-0.25, -0.2) is 13.2 Å². The topological polar surface area (TPSA) is 43.1 Å². The Balaban J connectivity index is 2.28. The number of halogens is 3. The van der Waals surface area contributed by atoms with Gasteiger partial charge in [-0.15, -0.1) is 0 Å². The summed E-state index contributed by atoms with van der Waals surface area (Å²) in [7, 11) is 0. The van der Waals surface area contributed by atoms with Gasteiger partial charge in [-0.1, -0.05) is 6.07 Å². The summed E-state index contributed by atoms with van der Waals surface area (Å²) in [5, 5.41) is 0. The third-order valence-corrected chi connectivity index (χ3v) is 2.68. The van der Waals surface area contributed by atoms with Gasteiger partial charge in [0.15, 0.2) is 5.78 Å². The zero-order valence-corrected chi connectivity index (χ0v) is 9.79. The molecule has 0 radical (unpaired) electrons. The third-order valence-electron chi connectivity index (χ3n) is 2.68. The van der Waals surface area contributed by atoms with Crippen LogP contribution in [0.3, 0.4) is 0 Å². The molecular formula is C14H10F3NO. The maximum atomic E-state index is 13.4. The Morgan fingerprint density at radius 3 is 2.32 bits per heavy atom. The van der Waals surface area contributed by atoms with Crippen molar-refractivity contribution in [3.05, 3.63) is 65.0 Å². The van der Waals surface area contributed by atoms with E-state index in [1.807, 2.05) is 0 Å². The van der Waals surface area contributed by atoms with E-state index in [4.69, 9.17) is 5.73 Å². The SMILES string of the molecule is Nc1ccc(F)cc1C(=O)Cc1ccc(F)cc1F. The first-order valence-corrected chi connectivity index (χ1v) is 5.49. The fraction of sp³-hybridized carbons (Fsp3) is 0.0714. The standard InChI is InChI=1S/C14H10F3NO/c15-9-3-4-13(18)11(6-9)14(19)5-8-1-2-10(16)7-12(8)17/h1-4,6-7H,5,18H2. The third kappa shape index (κ3) is 2.93. The predicted octanol–water partition coefficient (Wildman–Crippen LogP) is 3.11. The maximum Gasteiger partial charge on any atom is 0.169 e. The van der Waals surface area contributed by atoms with Crippen molar-refractivity contribution in [1.82, 2.24) is 0 Å². The minimum Gasteiger partial charge on any atom is -0.398 e. The molecule has 19 heavy (non-hydrogen) atoms. The van der Waals surface area contributed by atoms with Crippen LogP contribution in [0.2, 0.25) is 0 Å². The fourth-order valence-electron chi connectivity index (χ4n) is 1.70. The second-order valence-corrected chi connectivity index (χ2v) is 4.07. The van der Waals surface area contributed by atoms with E-state index in [9.17, 15) is 18.0 Å². The zero-order valence-electron chi connectivity index (χ0n) is 9.79. The van der Waals surface area contributed by atoms with E-state index in [2.05, 4.69) is 0 Å². The molecule has 0 atom stereocenters. The van der Waals surface area contributed by atoms with Crippen LogP contribution in [0.4, 0.5) is 18.9 Å². The summed E-state index contributed by atoms with van der Waals surface area (Å²) in [6, 6.07) is 6.32. The van der Waals surface area contributed by atoms with Crippen molar-refractivity contribution in [2.24, 2.45) is 0 Å². The average molecular weight is 265 g/mol. The second kappa shape index (κ2) is 5.14. The number of nitrogens with two attached hydrogens (primary N) is 1. The number of rotatable bonds is 3. The number of hydrogen-bond acceptors (Lipinski definition) is 2. The highest BCUT2D eigenvalue weighted by atomic mass is 19.1. The predicted molar refractivity (Wildman–Crippen MR) is 65.2 cm³/mol. The van der Waals surface area contributed by atoms with Crippen molar-refractivity contribution in [3.8, 4) is 0 Å². The van der Waals surface area contributed by atoms with Crippen molar-refractivity contribution < 1.29 is 18.0 Å². The summed E-state index contributed by atoms with van der Waals surface area (Å²) in [6.07, 6.45) is -0.306. The molecular weight excluding hydrogens is 255 g/mol. The van der Waals surface area contributed by atoms with Gasteiger partial charge in [-0.2, -0.15) is 0 Å². The lowest BCUT2D eigenvalue weighted by atomic mass is 10.0. The van der Waals surface area contributed by atoms with Crippen molar-refractivity contribution in [3.63, 3.8) is 0 Å². The molecule has 2 rings (SSSR count). The molecule has 2 aromatic carbocycles. The zero-order chi connectivity index (χ0) is 14.0. The molecule has 0 fully saturated rings. The number of Topliss-reactive ketones (excluding diaryl/α,β-unsaturated/α-hetero) is 1. The Morgan fingerprint density at radius 1 is 1.00 bits per heavy atom. The number of carbonyl (C=O) groups is 1. The lowest BCUT2D eigenvalue weighted by Crippen LogP contribution is -2.09. The van der Waals surface area contributed by atoms with Crippen LogP contribution >= 0.6 is 0 Å². The molecule has 0 saturated heterocycles. The molecule has 0 saturated carbocycles. The van der Waals surface area contributed by atoms with Crippen molar-refractivity contribution in [1.29, 1.82) is 0 Å². The van der Waals surface area contributed by atoms with Crippen molar-refractivity contribution in [2.45, 2.75) is 6.42 Å². The summed E-state index contributed by atoms with van der Waals surface area (Å²) in [5.74, 6) is -2.66. The van der Waals surface area contributed by atoms with Crippen LogP contribution in [0, 0.1) is 17.5 Å². The fourth-order valence-corrected chi connectivity index (χ4v) is 1.70. The minimum absolute atomic E-state index is 0.0104. The highest BCUT2D eigenvalue weighted by Gasteiger charge is 2.14. The number of ketones is 1. The molecule has 2 N–H and O–H groups in total. The Labute approximate surface area is 107 Å². The number of nitrogen functional groups attached to an aromatic ring is 1. The maximum absolute atomic E-state index is 13.4. The molecule has 2 nitrogen and oxygen atoms in total. The quantitative estimate of drug-likeness (QED) is 0.684. The van der Waals surface area contributed by atoms with Gasteiger partial charge >= 0.3 is 0 Å². The molecule has 2 aromatic rings. The van der Waals surface area contributed by atoms with E-state index < -0.39 is 23.2 Å². The van der Waals surface area contributed by atoms with E-state index in [1.165, 1.54) is 12.1 Å². The largest absolute Gasteiger partial charge is 0.398 e. The molecule has 0 amide bonds. The van der Waals surface area contributed by atoms with Crippen LogP contribution in [0.5, 0.6) is 0 Å². The number of benzene rings is 2. The molecule has 0 aliphatic rings. The van der Waals surface area contributed by atoms with E-state index in [0.29, 0.717) is 6.07 Å². The van der Waals surface area contributed by atoms with Crippen LogP contribution in [-0.4, -0.2) is 5.78 Å². The van der Waals surface area contributed by atoms with Crippen LogP contribution in [0.1, 0.15) is 15.9 Å². The van der Waals surface area contributed by atoms with Gasteiger partial charge in [0.2, 0.25) is 0 Å². The smallest absolute Gasteiger partial charge is 0.169 e. The number of anilines is 1. The highest BCUT2D eigenvalue weighted by molar-refractivity contribution is 6.01. The molecule has 0 aliphatic carbocycles. The Kier molecular flexibility index (Phi) is 3.55. The first-order chi connectivity index (χ1) is 8.97. The van der Waals surface area contributed by atoms with Crippen LogP contribution in [-0.2, 0) is 6.42 Å². The number of hydrogen-bond donors (Lipinski definition) is 1. The van der Waals surface area contributed by atoms with Gasteiger partial charge in [-0.3, -0.25) is 4.79 Å². The van der Waals surface area contributed by atoms with E-state index >= 15 is 0 Å². The Bertz CT molecular complexity index is 641. The van der Waals surface area contributed by atoms with Gasteiger partial charge in [0.25, 0.3) is 0 Å². The second-order valence-electron chi connectivity index (χ2n) is 4.07. The Hall–Kier alpha value is -2.30. The van der Waals surface area contributed by atoms with Gasteiger partial charge in [-0.05, 0) is 29.8 Å². The molecule has 0 heterocycles. The summed E-state index contributed by atoms with van der Waals surface area (Å²) >= 11 is 0. The van der Waals surface area contributed by atoms with Crippen molar-refractivity contribution in [2.75, 3.05) is 5.73 Å². The summed E-state index contributed by atoms with van der Waals surface area (Å²) in [6.45, 7) is 0. The highest BCUT2D eigenvalue weighted by Crippen LogP contribution is 2.18. The van der Waals surface area contributed by atoms with E-state index in [-0.39, 0.29) is 23.2 Å². The summed E-state index contributed by atoms with van der Waals surface area (Å²) < 4.78 is 39.2. The van der Waals surface area contributed by atoms with Gasteiger partial charge < -0.3 is 5.73 Å². The molecule has 98 valence electrons. The van der Waals surface area contributed by atoms with Gasteiger partial charge in [0.05, 0.1) is 0 Å². The minimum atomic E-state index is -0.816. The lowest BCUT2D eigenvalue weighted by Gasteiger charge is -2.06. The first-order valence-electron chi connectivity index (χ1n) is 5.49. The Morgan fingerprint density at radius 2 is 1.63 bits per heavy atom. The first kappa shape index (κ1) is 13.1. The molecule has 0 aliphatic heterocycles. The van der Waals surface area contributed by atoms with E-state index in [1.54, 1.807) is 0 Å². The average Bonchev–Trinajstić information content (AvgIpc) is 2.35. The van der Waals surface area contributed by atoms with Gasteiger partial charge in [0.1, 0.15) is 17.5 Å². The monoisotopic (exact) mass is 265 g/mol.